The molecule has 0 spiro atoms. The molecule has 4 heterocycles. The van der Waals surface area contributed by atoms with Crippen molar-refractivity contribution in [2.24, 2.45) is 0 Å². The number of nitriles is 1. The Morgan fingerprint density at radius 3 is 2.81 bits per heavy atom. The summed E-state index contributed by atoms with van der Waals surface area (Å²) in [6.07, 6.45) is 5.08. The average molecular weight is 465 g/mol. The van der Waals surface area contributed by atoms with Crippen molar-refractivity contribution in [3.8, 4) is 17.3 Å². The van der Waals surface area contributed by atoms with Gasteiger partial charge in [-0.15, -0.1) is 0 Å². The molecule has 1 unspecified atom stereocenters. The lowest BCUT2D eigenvalue weighted by atomic mass is 10.1. The van der Waals surface area contributed by atoms with Crippen LogP contribution in [0.15, 0.2) is 48.9 Å². The van der Waals surface area contributed by atoms with Gasteiger partial charge in [-0.25, -0.2) is 15.0 Å². The van der Waals surface area contributed by atoms with Crippen LogP contribution in [-0.4, -0.2) is 43.7 Å². The molecule has 1 aliphatic heterocycles. The van der Waals surface area contributed by atoms with E-state index in [1.807, 2.05) is 18.2 Å². The van der Waals surface area contributed by atoms with Crippen molar-refractivity contribution in [1.82, 2.24) is 24.6 Å². The van der Waals surface area contributed by atoms with Crippen LogP contribution in [0.3, 0.4) is 0 Å². The number of aromatic nitrogens is 5. The number of piperidine rings is 1. The number of halogens is 2. The number of pyridine rings is 1. The monoisotopic (exact) mass is 464 g/mol. The number of nitrogens with zero attached hydrogens (tertiary/aromatic N) is 7. The molecule has 3 aromatic heterocycles. The lowest BCUT2D eigenvalue weighted by Crippen LogP contribution is -2.43. The minimum absolute atomic E-state index is 0.173. The number of nitrogens with one attached hydrogen (secondary N) is 1. The molecule has 8 nitrogen and oxygen atoms in total. The van der Waals surface area contributed by atoms with Crippen molar-refractivity contribution in [2.45, 2.75) is 18.9 Å². The maximum Gasteiger partial charge on any atom is 0.229 e. The third-order valence-corrected chi connectivity index (χ3v) is 5.95. The molecule has 1 N–H and O–H groups in total. The van der Waals surface area contributed by atoms with Gasteiger partial charge in [0.2, 0.25) is 5.95 Å². The molecule has 32 heavy (non-hydrogen) atoms. The molecular formula is C22H18Cl2N8. The zero-order valence-electron chi connectivity index (χ0n) is 16.9. The van der Waals surface area contributed by atoms with E-state index in [0.717, 1.165) is 37.3 Å². The van der Waals surface area contributed by atoms with Gasteiger partial charge in [0, 0.05) is 42.0 Å². The standard InChI is InChI=1S/C22H18Cl2N8/c23-15-4-5-17(18(24)8-15)19-9-21-27-13-28-32(21)22(30-19)31-7-1-2-16(12-31)29-20-6-3-14(10-25)11-26-20/h3-6,8-9,11,13,16H,1-2,7,12H2,(H,26,29). The maximum atomic E-state index is 8.96. The first-order valence-electron chi connectivity index (χ1n) is 10.1. The summed E-state index contributed by atoms with van der Waals surface area (Å²) in [5, 5.41) is 17.9. The molecule has 1 aromatic carbocycles. The highest BCUT2D eigenvalue weighted by Crippen LogP contribution is 2.31. The van der Waals surface area contributed by atoms with Gasteiger partial charge < -0.3 is 10.2 Å². The van der Waals surface area contributed by atoms with Crippen LogP contribution < -0.4 is 10.2 Å². The van der Waals surface area contributed by atoms with Crippen molar-refractivity contribution in [3.63, 3.8) is 0 Å². The molecule has 0 radical (unpaired) electrons. The molecule has 4 aromatic rings. The highest BCUT2D eigenvalue weighted by atomic mass is 35.5. The van der Waals surface area contributed by atoms with Crippen molar-refractivity contribution in [1.29, 1.82) is 5.26 Å². The first kappa shape index (κ1) is 20.5. The Morgan fingerprint density at radius 2 is 2.03 bits per heavy atom. The van der Waals surface area contributed by atoms with E-state index < -0.39 is 0 Å². The summed E-state index contributed by atoms with van der Waals surface area (Å²) in [7, 11) is 0. The predicted octanol–water partition coefficient (Wildman–Crippen LogP) is 4.45. The Morgan fingerprint density at radius 1 is 1.12 bits per heavy atom. The zero-order valence-corrected chi connectivity index (χ0v) is 18.4. The number of hydrogen-bond donors (Lipinski definition) is 1. The summed E-state index contributed by atoms with van der Waals surface area (Å²) in [5.74, 6) is 1.46. The van der Waals surface area contributed by atoms with Gasteiger partial charge in [-0.3, -0.25) is 0 Å². The number of rotatable bonds is 4. The molecule has 160 valence electrons. The van der Waals surface area contributed by atoms with Gasteiger partial charge in [-0.05, 0) is 43.2 Å². The molecule has 0 saturated carbocycles. The minimum Gasteiger partial charge on any atom is -0.366 e. The van der Waals surface area contributed by atoms with E-state index in [1.54, 1.807) is 28.9 Å². The molecule has 10 heteroatoms. The molecule has 0 amide bonds. The highest BCUT2D eigenvalue weighted by molar-refractivity contribution is 6.36. The molecule has 1 saturated heterocycles. The van der Waals surface area contributed by atoms with E-state index in [2.05, 4.69) is 31.4 Å². The summed E-state index contributed by atoms with van der Waals surface area (Å²) in [5.41, 5.74) is 2.73. The smallest absolute Gasteiger partial charge is 0.229 e. The Hall–Kier alpha value is -3.41. The molecule has 1 atom stereocenters. The zero-order chi connectivity index (χ0) is 22.1. The fourth-order valence-electron chi connectivity index (χ4n) is 3.88. The van der Waals surface area contributed by atoms with Crippen LogP contribution in [0.1, 0.15) is 18.4 Å². The van der Waals surface area contributed by atoms with Gasteiger partial charge in [0.05, 0.1) is 16.3 Å². The second-order valence-electron chi connectivity index (χ2n) is 7.57. The fraction of sp³-hybridized carbons (Fsp3) is 0.227. The van der Waals surface area contributed by atoms with Gasteiger partial charge in [-0.1, -0.05) is 23.2 Å². The maximum absolute atomic E-state index is 8.96. The minimum atomic E-state index is 0.173. The summed E-state index contributed by atoms with van der Waals surface area (Å²) in [6.45, 7) is 1.57. The van der Waals surface area contributed by atoms with E-state index in [1.165, 1.54) is 6.33 Å². The van der Waals surface area contributed by atoms with E-state index >= 15 is 0 Å². The van der Waals surface area contributed by atoms with Crippen LogP contribution in [0.25, 0.3) is 16.9 Å². The molecule has 5 rings (SSSR count). The largest absolute Gasteiger partial charge is 0.366 e. The number of anilines is 2. The summed E-state index contributed by atoms with van der Waals surface area (Å²) in [4.78, 5) is 15.8. The predicted molar refractivity (Wildman–Crippen MR) is 124 cm³/mol. The first-order chi connectivity index (χ1) is 15.6. The lowest BCUT2D eigenvalue weighted by Gasteiger charge is -2.34. The quantitative estimate of drug-likeness (QED) is 0.476. The average Bonchev–Trinajstić information content (AvgIpc) is 3.28. The third-order valence-electron chi connectivity index (χ3n) is 5.41. The molecule has 1 fully saturated rings. The molecule has 1 aliphatic rings. The topological polar surface area (TPSA) is 95.0 Å². The van der Waals surface area contributed by atoms with Crippen LogP contribution in [-0.2, 0) is 0 Å². The normalized spacial score (nSPS) is 16.2. The number of fused-ring (bicyclic) bond motifs is 1. The molecule has 0 bridgehead atoms. The van der Waals surface area contributed by atoms with Gasteiger partial charge in [0.15, 0.2) is 5.65 Å². The molecular weight excluding hydrogens is 447 g/mol. The summed E-state index contributed by atoms with van der Waals surface area (Å²) >= 11 is 12.5. The van der Waals surface area contributed by atoms with E-state index in [9.17, 15) is 0 Å². The summed E-state index contributed by atoms with van der Waals surface area (Å²) in [6, 6.07) is 13.1. The van der Waals surface area contributed by atoms with Gasteiger partial charge in [0.1, 0.15) is 18.2 Å². The number of benzene rings is 1. The van der Waals surface area contributed by atoms with Gasteiger partial charge in [-0.2, -0.15) is 14.9 Å². The second-order valence-corrected chi connectivity index (χ2v) is 8.41. The van der Waals surface area contributed by atoms with Crippen LogP contribution in [0.5, 0.6) is 0 Å². The van der Waals surface area contributed by atoms with E-state index in [0.29, 0.717) is 32.9 Å². The van der Waals surface area contributed by atoms with Crippen LogP contribution in [0.2, 0.25) is 10.0 Å². The van der Waals surface area contributed by atoms with E-state index in [4.69, 9.17) is 33.4 Å². The van der Waals surface area contributed by atoms with Crippen molar-refractivity contribution < 1.29 is 0 Å². The van der Waals surface area contributed by atoms with Gasteiger partial charge >= 0.3 is 0 Å². The highest BCUT2D eigenvalue weighted by Gasteiger charge is 2.24. The number of hydrogen-bond acceptors (Lipinski definition) is 7. The Balaban J connectivity index is 1.45. The van der Waals surface area contributed by atoms with Crippen LogP contribution in [0.4, 0.5) is 11.8 Å². The first-order valence-corrected chi connectivity index (χ1v) is 10.9. The van der Waals surface area contributed by atoms with E-state index in [-0.39, 0.29) is 6.04 Å². The fourth-order valence-corrected chi connectivity index (χ4v) is 4.39. The Labute approximate surface area is 194 Å². The van der Waals surface area contributed by atoms with Crippen molar-refractivity contribution in [2.75, 3.05) is 23.3 Å². The molecule has 0 aliphatic carbocycles. The van der Waals surface area contributed by atoms with Crippen LogP contribution >= 0.6 is 23.2 Å². The van der Waals surface area contributed by atoms with Crippen molar-refractivity contribution in [3.05, 3.63) is 64.5 Å². The summed E-state index contributed by atoms with van der Waals surface area (Å²) < 4.78 is 1.75. The lowest BCUT2D eigenvalue weighted by molar-refractivity contribution is 0.518. The Bertz CT molecular complexity index is 1310. The van der Waals surface area contributed by atoms with Crippen molar-refractivity contribution >= 4 is 40.6 Å². The second kappa shape index (κ2) is 8.61. The third kappa shape index (κ3) is 4.05. The van der Waals surface area contributed by atoms with Gasteiger partial charge in [0.25, 0.3) is 0 Å². The van der Waals surface area contributed by atoms with Crippen LogP contribution in [0, 0.1) is 11.3 Å². The Kier molecular flexibility index (Phi) is 5.52. The SMILES string of the molecule is N#Cc1ccc(NC2CCCN(c3nc(-c4ccc(Cl)cc4Cl)cc4ncnn34)C2)nc1.